The quantitative estimate of drug-likeness (QED) is 0.720. The van der Waals surface area contributed by atoms with E-state index in [9.17, 15) is 4.79 Å². The maximum atomic E-state index is 10.9. The molecule has 0 N–H and O–H groups in total. The van der Waals surface area contributed by atoms with Crippen molar-refractivity contribution < 1.29 is 4.79 Å². The second-order valence-electron chi connectivity index (χ2n) is 4.86. The number of hydrogen-bond donors (Lipinski definition) is 0. The van der Waals surface area contributed by atoms with Crippen molar-refractivity contribution in [2.75, 3.05) is 6.54 Å². The van der Waals surface area contributed by atoms with Crippen LogP contribution in [0.5, 0.6) is 0 Å². The third-order valence-corrected chi connectivity index (χ3v) is 2.93. The Bertz CT molecular complexity index is 332. The van der Waals surface area contributed by atoms with Crippen LogP contribution in [0.3, 0.4) is 0 Å². The number of hydrogen-bond acceptors (Lipinski definition) is 2. The molecule has 1 rings (SSSR count). The van der Waals surface area contributed by atoms with Crippen LogP contribution in [0.15, 0.2) is 30.3 Å². The largest absolute Gasteiger partial charge is 0.300 e. The van der Waals surface area contributed by atoms with E-state index in [1.165, 1.54) is 5.56 Å². The lowest BCUT2D eigenvalue weighted by atomic mass is 10.1. The third kappa shape index (κ3) is 5.64. The van der Waals surface area contributed by atoms with E-state index >= 15 is 0 Å². The van der Waals surface area contributed by atoms with Gasteiger partial charge in [-0.3, -0.25) is 4.90 Å². The predicted molar refractivity (Wildman–Crippen MR) is 71.9 cm³/mol. The van der Waals surface area contributed by atoms with Crippen molar-refractivity contribution in [1.29, 1.82) is 0 Å². The van der Waals surface area contributed by atoms with Gasteiger partial charge in [0.15, 0.2) is 0 Å². The Labute approximate surface area is 105 Å². The minimum atomic E-state index is 0.286. The molecule has 2 heteroatoms. The molecule has 1 aromatic rings. The average molecular weight is 233 g/mol. The van der Waals surface area contributed by atoms with Gasteiger partial charge in [0.1, 0.15) is 5.78 Å². The minimum Gasteiger partial charge on any atom is -0.300 e. The van der Waals surface area contributed by atoms with Crippen LogP contribution in [0.2, 0.25) is 0 Å². The van der Waals surface area contributed by atoms with E-state index in [0.717, 1.165) is 19.5 Å². The van der Waals surface area contributed by atoms with E-state index in [2.05, 4.69) is 43.0 Å². The summed E-state index contributed by atoms with van der Waals surface area (Å²) in [6, 6.07) is 11.0. The second-order valence-corrected chi connectivity index (χ2v) is 4.86. The highest BCUT2D eigenvalue weighted by Gasteiger charge is 2.09. The zero-order valence-corrected chi connectivity index (χ0v) is 11.1. The molecule has 0 saturated carbocycles. The molecule has 0 aliphatic carbocycles. The van der Waals surface area contributed by atoms with Crippen molar-refractivity contribution in [2.24, 2.45) is 0 Å². The third-order valence-electron chi connectivity index (χ3n) is 2.93. The Morgan fingerprint density at radius 1 is 1.24 bits per heavy atom. The molecule has 0 amide bonds. The smallest absolute Gasteiger partial charge is 0.129 e. The number of carbonyl (C=O) groups is 1. The second kappa shape index (κ2) is 7.23. The van der Waals surface area contributed by atoms with Gasteiger partial charge in [-0.2, -0.15) is 0 Å². The van der Waals surface area contributed by atoms with Gasteiger partial charge in [0.25, 0.3) is 0 Å². The SMILES string of the molecule is CC(=O)CCCN(Cc1ccccc1)C(C)C. The van der Waals surface area contributed by atoms with E-state index in [1.807, 2.05) is 6.07 Å². The van der Waals surface area contributed by atoms with Crippen molar-refractivity contribution in [3.63, 3.8) is 0 Å². The van der Waals surface area contributed by atoms with Crippen molar-refractivity contribution >= 4 is 5.78 Å². The monoisotopic (exact) mass is 233 g/mol. The Balaban J connectivity index is 2.46. The number of carbonyl (C=O) groups excluding carboxylic acids is 1. The molecule has 0 aliphatic rings. The van der Waals surface area contributed by atoms with Gasteiger partial charge in [-0.05, 0) is 39.3 Å². The highest BCUT2D eigenvalue weighted by Crippen LogP contribution is 2.09. The fraction of sp³-hybridized carbons (Fsp3) is 0.533. The fourth-order valence-corrected chi connectivity index (χ4v) is 1.87. The van der Waals surface area contributed by atoms with Crippen LogP contribution in [0.1, 0.15) is 39.2 Å². The van der Waals surface area contributed by atoms with Gasteiger partial charge in [0.05, 0.1) is 0 Å². The maximum absolute atomic E-state index is 10.9. The molecule has 0 saturated heterocycles. The Morgan fingerprint density at radius 3 is 2.41 bits per heavy atom. The number of rotatable bonds is 7. The van der Waals surface area contributed by atoms with E-state index in [4.69, 9.17) is 0 Å². The summed E-state index contributed by atoms with van der Waals surface area (Å²) >= 11 is 0. The van der Waals surface area contributed by atoms with Gasteiger partial charge in [-0.1, -0.05) is 30.3 Å². The van der Waals surface area contributed by atoms with Gasteiger partial charge < -0.3 is 4.79 Å². The molecule has 0 unspecified atom stereocenters. The molecule has 94 valence electrons. The van der Waals surface area contributed by atoms with Gasteiger partial charge in [0, 0.05) is 19.0 Å². The first kappa shape index (κ1) is 13.9. The number of nitrogens with zero attached hydrogens (tertiary/aromatic N) is 1. The molecule has 1 aromatic carbocycles. The standard InChI is InChI=1S/C15H23NO/c1-13(2)16(11-7-8-14(3)17)12-15-9-5-4-6-10-15/h4-6,9-10,13H,7-8,11-12H2,1-3H3. The van der Waals surface area contributed by atoms with Crippen LogP contribution in [-0.2, 0) is 11.3 Å². The lowest BCUT2D eigenvalue weighted by Gasteiger charge is -2.26. The first-order chi connectivity index (χ1) is 8.09. The van der Waals surface area contributed by atoms with Gasteiger partial charge >= 0.3 is 0 Å². The maximum Gasteiger partial charge on any atom is 0.129 e. The summed E-state index contributed by atoms with van der Waals surface area (Å²) < 4.78 is 0. The molecular weight excluding hydrogens is 210 g/mol. The van der Waals surface area contributed by atoms with E-state index in [0.29, 0.717) is 12.5 Å². The molecule has 17 heavy (non-hydrogen) atoms. The summed E-state index contributed by atoms with van der Waals surface area (Å²) in [5.41, 5.74) is 1.34. The summed E-state index contributed by atoms with van der Waals surface area (Å²) in [4.78, 5) is 13.3. The number of benzene rings is 1. The van der Waals surface area contributed by atoms with Crippen molar-refractivity contribution in [2.45, 2.75) is 46.2 Å². The van der Waals surface area contributed by atoms with Crippen LogP contribution in [-0.4, -0.2) is 23.3 Å². The first-order valence-corrected chi connectivity index (χ1v) is 6.37. The van der Waals surface area contributed by atoms with E-state index < -0.39 is 0 Å². The normalized spacial score (nSPS) is 11.1. The van der Waals surface area contributed by atoms with Crippen molar-refractivity contribution in [3.8, 4) is 0 Å². The van der Waals surface area contributed by atoms with Gasteiger partial charge in [0.2, 0.25) is 0 Å². The van der Waals surface area contributed by atoms with E-state index in [1.54, 1.807) is 6.92 Å². The first-order valence-electron chi connectivity index (χ1n) is 6.37. The summed E-state index contributed by atoms with van der Waals surface area (Å²) in [5.74, 6) is 0.286. The van der Waals surface area contributed by atoms with Crippen LogP contribution < -0.4 is 0 Å². The molecule has 0 aromatic heterocycles. The summed E-state index contributed by atoms with van der Waals surface area (Å²) in [6.07, 6.45) is 1.65. The molecule has 0 bridgehead atoms. The van der Waals surface area contributed by atoms with Crippen LogP contribution in [0.4, 0.5) is 0 Å². The van der Waals surface area contributed by atoms with Crippen LogP contribution in [0, 0.1) is 0 Å². The minimum absolute atomic E-state index is 0.286. The molecule has 0 aliphatic heterocycles. The molecule has 0 heterocycles. The van der Waals surface area contributed by atoms with Crippen molar-refractivity contribution in [3.05, 3.63) is 35.9 Å². The van der Waals surface area contributed by atoms with Crippen LogP contribution in [0.25, 0.3) is 0 Å². The topological polar surface area (TPSA) is 20.3 Å². The average Bonchev–Trinajstić information content (AvgIpc) is 2.28. The highest BCUT2D eigenvalue weighted by atomic mass is 16.1. The molecule has 0 spiro atoms. The molecule has 2 nitrogen and oxygen atoms in total. The van der Waals surface area contributed by atoms with Gasteiger partial charge in [-0.15, -0.1) is 0 Å². The predicted octanol–water partition coefficient (Wildman–Crippen LogP) is 3.27. The number of ketones is 1. The number of Topliss-reactive ketones (excluding diaryl/α,β-unsaturated/α-hetero) is 1. The zero-order valence-electron chi connectivity index (χ0n) is 11.1. The molecule has 0 radical (unpaired) electrons. The summed E-state index contributed by atoms with van der Waals surface area (Å²) in [7, 11) is 0. The van der Waals surface area contributed by atoms with E-state index in [-0.39, 0.29) is 5.78 Å². The Hall–Kier alpha value is -1.15. The van der Waals surface area contributed by atoms with Gasteiger partial charge in [-0.25, -0.2) is 0 Å². The highest BCUT2D eigenvalue weighted by molar-refractivity contribution is 5.75. The van der Waals surface area contributed by atoms with Crippen LogP contribution >= 0.6 is 0 Å². The summed E-state index contributed by atoms with van der Waals surface area (Å²) in [5, 5.41) is 0. The Morgan fingerprint density at radius 2 is 1.88 bits per heavy atom. The molecule has 0 fully saturated rings. The Kier molecular flexibility index (Phi) is 5.92. The molecular formula is C15H23NO. The van der Waals surface area contributed by atoms with Crippen molar-refractivity contribution in [1.82, 2.24) is 4.90 Å². The zero-order chi connectivity index (χ0) is 12.7. The lowest BCUT2D eigenvalue weighted by molar-refractivity contribution is -0.117. The summed E-state index contributed by atoms with van der Waals surface area (Å²) in [6.45, 7) is 8.03. The lowest BCUT2D eigenvalue weighted by Crippen LogP contribution is -2.31. The molecule has 0 atom stereocenters. The fourth-order valence-electron chi connectivity index (χ4n) is 1.87.